The van der Waals surface area contributed by atoms with Gasteiger partial charge in [-0.3, -0.25) is 4.79 Å². The summed E-state index contributed by atoms with van der Waals surface area (Å²) in [6, 6.07) is 8.75. The second-order valence-electron chi connectivity index (χ2n) is 5.86. The summed E-state index contributed by atoms with van der Waals surface area (Å²) in [5.74, 6) is 0.332. The molecule has 2 aromatic rings. The molecule has 1 heterocycles. The average molecular weight is 365 g/mol. The van der Waals surface area contributed by atoms with Crippen LogP contribution in [0.4, 0.5) is 11.5 Å². The number of carbonyl (C=O) groups is 1. The lowest BCUT2D eigenvalue weighted by Gasteiger charge is -2.22. The van der Waals surface area contributed by atoms with Crippen LogP contribution in [0.15, 0.2) is 30.3 Å². The minimum atomic E-state index is -0.365. The first-order chi connectivity index (χ1) is 11.6. The fraction of sp³-hybridized carbons (Fsp3) is 0.353. The van der Waals surface area contributed by atoms with Crippen LogP contribution in [-0.2, 0) is 0 Å². The molecular weight excluding hydrogens is 347 g/mol. The van der Waals surface area contributed by atoms with Gasteiger partial charge in [-0.25, -0.2) is 0 Å². The molecule has 5 nitrogen and oxygen atoms in total. The summed E-state index contributed by atoms with van der Waals surface area (Å²) in [5, 5.41) is 15.0. The second kappa shape index (κ2) is 7.81. The molecule has 1 aliphatic carbocycles. The molecule has 24 heavy (non-hydrogen) atoms. The van der Waals surface area contributed by atoms with E-state index in [1.165, 1.54) is 19.3 Å². The van der Waals surface area contributed by atoms with Crippen molar-refractivity contribution < 1.29 is 4.79 Å². The lowest BCUT2D eigenvalue weighted by atomic mass is 9.95. The molecule has 0 bridgehead atoms. The number of benzene rings is 1. The van der Waals surface area contributed by atoms with Gasteiger partial charge in [0.1, 0.15) is 5.82 Å². The van der Waals surface area contributed by atoms with Crippen molar-refractivity contribution in [3.63, 3.8) is 0 Å². The molecular formula is C17H18Cl2N4O. The highest BCUT2D eigenvalue weighted by Crippen LogP contribution is 2.25. The van der Waals surface area contributed by atoms with Gasteiger partial charge in [0.15, 0.2) is 5.69 Å². The Morgan fingerprint density at radius 2 is 1.83 bits per heavy atom. The molecule has 0 radical (unpaired) electrons. The van der Waals surface area contributed by atoms with E-state index in [1.54, 1.807) is 30.3 Å². The van der Waals surface area contributed by atoms with Crippen LogP contribution in [0, 0.1) is 0 Å². The number of rotatable bonds is 4. The van der Waals surface area contributed by atoms with Crippen LogP contribution in [0.2, 0.25) is 10.0 Å². The minimum Gasteiger partial charge on any atom is -0.366 e. The molecule has 2 N–H and O–H groups in total. The number of nitrogens with one attached hydrogen (secondary N) is 2. The number of amides is 1. The molecule has 1 saturated carbocycles. The number of halogens is 2. The van der Waals surface area contributed by atoms with Gasteiger partial charge in [0.05, 0.1) is 10.7 Å². The summed E-state index contributed by atoms with van der Waals surface area (Å²) in [5.41, 5.74) is 0.715. The van der Waals surface area contributed by atoms with Gasteiger partial charge in [-0.05, 0) is 43.2 Å². The maximum atomic E-state index is 12.2. The second-order valence-corrected chi connectivity index (χ2v) is 6.71. The van der Waals surface area contributed by atoms with Gasteiger partial charge in [0, 0.05) is 11.1 Å². The highest BCUT2D eigenvalue weighted by molar-refractivity contribution is 6.36. The zero-order valence-corrected chi connectivity index (χ0v) is 14.6. The molecule has 0 unspecified atom stereocenters. The van der Waals surface area contributed by atoms with E-state index in [0.717, 1.165) is 12.8 Å². The average Bonchev–Trinajstić information content (AvgIpc) is 2.59. The Bertz CT molecular complexity index is 715. The number of nitrogens with zero attached hydrogens (tertiary/aromatic N) is 2. The highest BCUT2D eigenvalue weighted by Gasteiger charge is 2.15. The lowest BCUT2D eigenvalue weighted by molar-refractivity contribution is 0.102. The zero-order chi connectivity index (χ0) is 16.9. The van der Waals surface area contributed by atoms with E-state index >= 15 is 0 Å². The predicted molar refractivity (Wildman–Crippen MR) is 96.9 cm³/mol. The molecule has 0 saturated heterocycles. The Labute approximate surface area is 150 Å². The maximum absolute atomic E-state index is 12.2. The SMILES string of the molecule is O=C(Nc1ccc(Cl)cc1Cl)c1ccc(NC2CCCCC2)nn1. The van der Waals surface area contributed by atoms with E-state index in [1.807, 2.05) is 0 Å². The summed E-state index contributed by atoms with van der Waals surface area (Å²) in [7, 11) is 0. The molecule has 7 heteroatoms. The topological polar surface area (TPSA) is 66.9 Å². The Balaban J connectivity index is 1.62. The Morgan fingerprint density at radius 1 is 1.04 bits per heavy atom. The monoisotopic (exact) mass is 364 g/mol. The van der Waals surface area contributed by atoms with Crippen molar-refractivity contribution in [1.29, 1.82) is 0 Å². The van der Waals surface area contributed by atoms with Crippen molar-refractivity contribution in [2.75, 3.05) is 10.6 Å². The summed E-state index contributed by atoms with van der Waals surface area (Å²) < 4.78 is 0. The van der Waals surface area contributed by atoms with Crippen LogP contribution in [0.5, 0.6) is 0 Å². The molecule has 1 amide bonds. The summed E-state index contributed by atoms with van der Waals surface area (Å²) >= 11 is 11.9. The number of anilines is 2. The molecule has 0 atom stereocenters. The quantitative estimate of drug-likeness (QED) is 0.818. The summed E-state index contributed by atoms with van der Waals surface area (Å²) in [4.78, 5) is 12.2. The summed E-state index contributed by atoms with van der Waals surface area (Å²) in [6.07, 6.45) is 6.09. The van der Waals surface area contributed by atoms with Gasteiger partial charge >= 0.3 is 0 Å². The van der Waals surface area contributed by atoms with Gasteiger partial charge in [-0.2, -0.15) is 0 Å². The number of carbonyl (C=O) groups excluding carboxylic acids is 1. The van der Waals surface area contributed by atoms with Gasteiger partial charge < -0.3 is 10.6 Å². The first-order valence-electron chi connectivity index (χ1n) is 7.98. The third-order valence-corrected chi connectivity index (χ3v) is 4.58. The van der Waals surface area contributed by atoms with Crippen LogP contribution in [0.1, 0.15) is 42.6 Å². The van der Waals surface area contributed by atoms with Gasteiger partial charge in [0.25, 0.3) is 5.91 Å². The third-order valence-electron chi connectivity index (χ3n) is 4.03. The van der Waals surface area contributed by atoms with Crippen molar-refractivity contribution in [3.05, 3.63) is 46.1 Å². The van der Waals surface area contributed by atoms with Gasteiger partial charge in [0.2, 0.25) is 0 Å². The predicted octanol–water partition coefficient (Wildman–Crippen LogP) is 4.78. The molecule has 1 fully saturated rings. The zero-order valence-electron chi connectivity index (χ0n) is 13.1. The standard InChI is InChI=1S/C17H18Cl2N4O/c18-11-6-7-14(13(19)10-11)21-17(24)15-8-9-16(23-22-15)20-12-4-2-1-3-5-12/h6-10,12H,1-5H2,(H,20,23)(H,21,24). The van der Waals surface area contributed by atoms with E-state index < -0.39 is 0 Å². The maximum Gasteiger partial charge on any atom is 0.276 e. The Kier molecular flexibility index (Phi) is 5.53. The third kappa shape index (κ3) is 4.36. The van der Waals surface area contributed by atoms with Crippen LogP contribution < -0.4 is 10.6 Å². The molecule has 0 aliphatic heterocycles. The van der Waals surface area contributed by atoms with E-state index in [9.17, 15) is 4.79 Å². The first kappa shape index (κ1) is 17.0. The van der Waals surface area contributed by atoms with Crippen LogP contribution in [-0.4, -0.2) is 22.1 Å². The number of hydrogen-bond acceptors (Lipinski definition) is 4. The van der Waals surface area contributed by atoms with Crippen molar-refractivity contribution in [3.8, 4) is 0 Å². The lowest BCUT2D eigenvalue weighted by Crippen LogP contribution is -2.23. The van der Waals surface area contributed by atoms with Crippen LogP contribution in [0.3, 0.4) is 0 Å². The van der Waals surface area contributed by atoms with Crippen LogP contribution >= 0.6 is 23.2 Å². The van der Waals surface area contributed by atoms with Crippen molar-refractivity contribution in [1.82, 2.24) is 10.2 Å². The van der Waals surface area contributed by atoms with Gasteiger partial charge in [-0.1, -0.05) is 42.5 Å². The molecule has 1 aromatic carbocycles. The van der Waals surface area contributed by atoms with Crippen LogP contribution in [0.25, 0.3) is 0 Å². The molecule has 126 valence electrons. The van der Waals surface area contributed by atoms with Crippen molar-refractivity contribution in [2.24, 2.45) is 0 Å². The smallest absolute Gasteiger partial charge is 0.276 e. The van der Waals surface area contributed by atoms with E-state index in [-0.39, 0.29) is 11.6 Å². The molecule has 1 aromatic heterocycles. The normalized spacial score (nSPS) is 15.1. The van der Waals surface area contributed by atoms with Gasteiger partial charge in [-0.15, -0.1) is 10.2 Å². The van der Waals surface area contributed by atoms with E-state index in [0.29, 0.717) is 27.6 Å². The van der Waals surface area contributed by atoms with Crippen molar-refractivity contribution >= 4 is 40.6 Å². The number of aromatic nitrogens is 2. The fourth-order valence-corrected chi connectivity index (χ4v) is 3.22. The highest BCUT2D eigenvalue weighted by atomic mass is 35.5. The Morgan fingerprint density at radius 3 is 2.50 bits per heavy atom. The minimum absolute atomic E-state index is 0.232. The molecule has 3 rings (SSSR count). The molecule has 0 spiro atoms. The first-order valence-corrected chi connectivity index (χ1v) is 8.74. The largest absolute Gasteiger partial charge is 0.366 e. The molecule has 1 aliphatic rings. The summed E-state index contributed by atoms with van der Waals surface area (Å²) in [6.45, 7) is 0. The van der Waals surface area contributed by atoms with Crippen molar-refractivity contribution in [2.45, 2.75) is 38.1 Å². The fourth-order valence-electron chi connectivity index (χ4n) is 2.76. The number of hydrogen-bond donors (Lipinski definition) is 2. The van der Waals surface area contributed by atoms with E-state index in [4.69, 9.17) is 23.2 Å². The Hall–Kier alpha value is -1.85. The van der Waals surface area contributed by atoms with E-state index in [2.05, 4.69) is 20.8 Å².